The monoisotopic (exact) mass is 362 g/mol. The van der Waals surface area contributed by atoms with Crippen LogP contribution in [-0.2, 0) is 11.2 Å². The van der Waals surface area contributed by atoms with Crippen molar-refractivity contribution in [2.45, 2.75) is 19.3 Å². The lowest BCUT2D eigenvalue weighted by Gasteiger charge is -2.06. The Bertz CT molecular complexity index is 685. The van der Waals surface area contributed by atoms with Gasteiger partial charge in [0.25, 0.3) is 0 Å². The lowest BCUT2D eigenvalue weighted by Crippen LogP contribution is -2.26. The van der Waals surface area contributed by atoms with E-state index in [-0.39, 0.29) is 36.9 Å². The number of anilines is 1. The largest absolute Gasteiger partial charge is 0.497 e. The highest BCUT2D eigenvalue weighted by molar-refractivity contribution is 5.98. The van der Waals surface area contributed by atoms with Crippen molar-refractivity contribution in [3.63, 3.8) is 0 Å². The number of carbonyl (C=O) groups excluding carboxylic acids is 2. The molecule has 0 aliphatic rings. The quantitative estimate of drug-likeness (QED) is 0.558. The summed E-state index contributed by atoms with van der Waals surface area (Å²) in [7, 11) is 1.57. The fourth-order valence-corrected chi connectivity index (χ4v) is 2.27. The van der Waals surface area contributed by atoms with E-state index in [1.54, 1.807) is 31.4 Å². The van der Waals surface area contributed by atoms with E-state index in [1.165, 1.54) is 0 Å². The topological polar surface area (TPSA) is 81.4 Å². The summed E-state index contributed by atoms with van der Waals surface area (Å²) >= 11 is 0. The van der Waals surface area contributed by atoms with Gasteiger partial charge in [-0.2, -0.15) is 0 Å². The molecule has 0 radical (unpaired) electrons. The summed E-state index contributed by atoms with van der Waals surface area (Å²) in [6.07, 6.45) is 1.12. The lowest BCUT2D eigenvalue weighted by molar-refractivity contribution is -0.121. The van der Waals surface area contributed by atoms with E-state index in [0.717, 1.165) is 17.7 Å². The van der Waals surface area contributed by atoms with E-state index in [2.05, 4.69) is 5.32 Å². The zero-order valence-electron chi connectivity index (χ0n) is 14.2. The van der Waals surface area contributed by atoms with Gasteiger partial charge in [0.2, 0.25) is 5.91 Å². The van der Waals surface area contributed by atoms with Crippen molar-refractivity contribution in [1.82, 2.24) is 5.32 Å². The number of ketones is 1. The molecule has 0 saturated heterocycles. The molecule has 0 bridgehead atoms. The molecule has 2 rings (SSSR count). The summed E-state index contributed by atoms with van der Waals surface area (Å²) in [5, 5.41) is 2.83. The third-order valence-corrected chi connectivity index (χ3v) is 3.71. The van der Waals surface area contributed by atoms with E-state index in [1.807, 2.05) is 24.3 Å². The van der Waals surface area contributed by atoms with Crippen molar-refractivity contribution in [1.29, 1.82) is 0 Å². The van der Waals surface area contributed by atoms with E-state index in [4.69, 9.17) is 10.5 Å². The van der Waals surface area contributed by atoms with Crippen LogP contribution in [0.2, 0.25) is 0 Å². The molecule has 0 spiro atoms. The maximum atomic E-state index is 12.0. The van der Waals surface area contributed by atoms with Gasteiger partial charge in [-0.25, -0.2) is 0 Å². The summed E-state index contributed by atoms with van der Waals surface area (Å²) in [6.45, 7) is 0.541. The maximum absolute atomic E-state index is 12.0. The Balaban J connectivity index is 0.00000312. The molecule has 0 saturated carbocycles. The minimum Gasteiger partial charge on any atom is -0.497 e. The van der Waals surface area contributed by atoms with Gasteiger partial charge in [-0.15, -0.1) is 12.4 Å². The highest BCUT2D eigenvalue weighted by atomic mass is 35.5. The van der Waals surface area contributed by atoms with Gasteiger partial charge < -0.3 is 15.8 Å². The molecule has 3 N–H and O–H groups in total. The first-order valence-electron chi connectivity index (χ1n) is 7.87. The molecule has 0 atom stereocenters. The lowest BCUT2D eigenvalue weighted by atomic mass is 10.1. The van der Waals surface area contributed by atoms with Crippen LogP contribution in [-0.4, -0.2) is 25.3 Å². The van der Waals surface area contributed by atoms with Gasteiger partial charge in [0.15, 0.2) is 5.78 Å². The molecule has 134 valence electrons. The van der Waals surface area contributed by atoms with Gasteiger partial charge in [0.1, 0.15) is 5.75 Å². The number of nitrogens with two attached hydrogens (primary N) is 1. The minimum absolute atomic E-state index is 0. The zero-order chi connectivity index (χ0) is 17.4. The van der Waals surface area contributed by atoms with Crippen molar-refractivity contribution < 1.29 is 14.3 Å². The minimum atomic E-state index is -0.118. The van der Waals surface area contributed by atoms with Crippen molar-refractivity contribution in [2.75, 3.05) is 19.4 Å². The number of amides is 1. The standard InChI is InChI=1S/C19H22N2O3.ClH/c1-24-17-8-4-15(5-9-17)18(22)10-11-19(23)21-13-12-14-2-6-16(20)7-3-14;/h2-9H,10-13,20H2,1H3,(H,21,23);1H. The van der Waals surface area contributed by atoms with Gasteiger partial charge in [0, 0.05) is 30.6 Å². The number of hydrogen-bond donors (Lipinski definition) is 2. The number of nitrogens with one attached hydrogen (secondary N) is 1. The van der Waals surface area contributed by atoms with Gasteiger partial charge in [-0.3, -0.25) is 9.59 Å². The van der Waals surface area contributed by atoms with E-state index >= 15 is 0 Å². The molecule has 5 nitrogen and oxygen atoms in total. The molecule has 0 fully saturated rings. The van der Waals surface area contributed by atoms with E-state index in [9.17, 15) is 9.59 Å². The molecule has 0 heterocycles. The number of rotatable bonds is 8. The molecule has 0 aromatic heterocycles. The van der Waals surface area contributed by atoms with E-state index in [0.29, 0.717) is 17.9 Å². The van der Waals surface area contributed by atoms with Crippen LogP contribution in [0.15, 0.2) is 48.5 Å². The molecule has 0 aliphatic carbocycles. The molecule has 0 unspecified atom stereocenters. The summed E-state index contributed by atoms with van der Waals surface area (Å²) in [4.78, 5) is 23.9. The summed E-state index contributed by atoms with van der Waals surface area (Å²) in [5.41, 5.74) is 8.05. The van der Waals surface area contributed by atoms with Crippen LogP contribution in [0.1, 0.15) is 28.8 Å². The number of hydrogen-bond acceptors (Lipinski definition) is 4. The van der Waals surface area contributed by atoms with Gasteiger partial charge in [-0.1, -0.05) is 12.1 Å². The predicted molar refractivity (Wildman–Crippen MR) is 101 cm³/mol. The first-order chi connectivity index (χ1) is 11.6. The Morgan fingerprint density at radius 3 is 2.24 bits per heavy atom. The first-order valence-corrected chi connectivity index (χ1v) is 7.87. The number of halogens is 1. The van der Waals surface area contributed by atoms with Crippen LogP contribution in [0.3, 0.4) is 0 Å². The zero-order valence-corrected chi connectivity index (χ0v) is 15.0. The number of ether oxygens (including phenoxy) is 1. The Hall–Kier alpha value is -2.53. The number of nitrogen functional groups attached to an aromatic ring is 1. The molecular weight excluding hydrogens is 340 g/mol. The third-order valence-electron chi connectivity index (χ3n) is 3.71. The fraction of sp³-hybridized carbons (Fsp3) is 0.263. The maximum Gasteiger partial charge on any atom is 0.220 e. The van der Waals surface area contributed by atoms with Gasteiger partial charge in [-0.05, 0) is 48.4 Å². The van der Waals surface area contributed by atoms with Crippen LogP contribution in [0, 0.1) is 0 Å². The summed E-state index contributed by atoms with van der Waals surface area (Å²) < 4.78 is 5.05. The Labute approximate surface area is 154 Å². The van der Waals surface area contributed by atoms with Crippen molar-refractivity contribution >= 4 is 29.8 Å². The molecule has 1 amide bonds. The van der Waals surface area contributed by atoms with Gasteiger partial charge in [0.05, 0.1) is 7.11 Å². The Morgan fingerprint density at radius 1 is 1.00 bits per heavy atom. The highest BCUT2D eigenvalue weighted by Gasteiger charge is 2.09. The summed E-state index contributed by atoms with van der Waals surface area (Å²) in [5.74, 6) is 0.533. The highest BCUT2D eigenvalue weighted by Crippen LogP contribution is 2.13. The van der Waals surface area contributed by atoms with Crippen LogP contribution < -0.4 is 15.8 Å². The second-order valence-corrected chi connectivity index (χ2v) is 5.49. The average molecular weight is 363 g/mol. The second-order valence-electron chi connectivity index (χ2n) is 5.49. The van der Waals surface area contributed by atoms with Gasteiger partial charge >= 0.3 is 0 Å². The van der Waals surface area contributed by atoms with Crippen LogP contribution in [0.5, 0.6) is 5.75 Å². The van der Waals surface area contributed by atoms with Crippen molar-refractivity contribution in [3.05, 3.63) is 59.7 Å². The van der Waals surface area contributed by atoms with E-state index < -0.39 is 0 Å². The first kappa shape index (κ1) is 20.5. The normalized spacial score (nSPS) is 9.80. The number of methoxy groups -OCH3 is 1. The molecule has 2 aromatic carbocycles. The Morgan fingerprint density at radius 2 is 1.64 bits per heavy atom. The van der Waals surface area contributed by atoms with Crippen LogP contribution in [0.4, 0.5) is 5.69 Å². The molecule has 2 aromatic rings. The fourth-order valence-electron chi connectivity index (χ4n) is 2.27. The Kier molecular flexibility index (Phi) is 8.50. The smallest absolute Gasteiger partial charge is 0.220 e. The molecule has 25 heavy (non-hydrogen) atoms. The number of benzene rings is 2. The second kappa shape index (κ2) is 10.4. The third kappa shape index (κ3) is 6.85. The molecule has 6 heteroatoms. The van der Waals surface area contributed by atoms with Crippen LogP contribution in [0.25, 0.3) is 0 Å². The number of Topliss-reactive ketones (excluding diaryl/α,β-unsaturated/α-hetero) is 1. The molecular formula is C19H23ClN2O3. The van der Waals surface area contributed by atoms with Crippen molar-refractivity contribution in [3.8, 4) is 5.75 Å². The SMILES string of the molecule is COc1ccc(C(=O)CCC(=O)NCCc2ccc(N)cc2)cc1.Cl. The van der Waals surface area contributed by atoms with Crippen molar-refractivity contribution in [2.24, 2.45) is 0 Å². The average Bonchev–Trinajstić information content (AvgIpc) is 2.61. The predicted octanol–water partition coefficient (Wildman–Crippen LogP) is 3.02. The summed E-state index contributed by atoms with van der Waals surface area (Å²) in [6, 6.07) is 14.4. The molecule has 0 aliphatic heterocycles. The van der Waals surface area contributed by atoms with Crippen LogP contribution >= 0.6 is 12.4 Å². The number of carbonyl (C=O) groups is 2.